The predicted molar refractivity (Wildman–Crippen MR) is 63.7 cm³/mol. The predicted octanol–water partition coefficient (Wildman–Crippen LogP) is -0.233. The highest BCUT2D eigenvalue weighted by molar-refractivity contribution is 5.76. The van der Waals surface area contributed by atoms with Crippen molar-refractivity contribution in [2.24, 2.45) is 5.73 Å². The molecule has 1 aromatic heterocycles. The van der Waals surface area contributed by atoms with Gasteiger partial charge in [-0.2, -0.15) is 0 Å². The molecule has 0 aliphatic heterocycles. The van der Waals surface area contributed by atoms with Gasteiger partial charge in [-0.25, -0.2) is 4.68 Å². The number of ether oxygens (including phenoxy) is 1. The maximum Gasteiger partial charge on any atom is 0.277 e. The van der Waals surface area contributed by atoms with Crippen LogP contribution in [0.3, 0.4) is 0 Å². The standard InChI is InChI=1S/C11H14N4O2/c12-5-7-17-8-6-15-11(16)9-3-1-2-4-10(9)13-14-15/h1-4H,5-8,12H2. The summed E-state index contributed by atoms with van der Waals surface area (Å²) < 4.78 is 6.51. The van der Waals surface area contributed by atoms with Crippen molar-refractivity contribution in [3.63, 3.8) is 0 Å². The molecule has 2 aromatic rings. The number of hydrogen-bond donors (Lipinski definition) is 1. The van der Waals surface area contributed by atoms with Gasteiger partial charge in [-0.15, -0.1) is 5.10 Å². The fraction of sp³-hybridized carbons (Fsp3) is 0.364. The molecule has 0 aliphatic rings. The minimum Gasteiger partial charge on any atom is -0.378 e. The van der Waals surface area contributed by atoms with Crippen LogP contribution in [0.4, 0.5) is 0 Å². The summed E-state index contributed by atoms with van der Waals surface area (Å²) in [5.41, 5.74) is 5.75. The van der Waals surface area contributed by atoms with Crippen molar-refractivity contribution in [1.82, 2.24) is 15.0 Å². The van der Waals surface area contributed by atoms with Gasteiger partial charge in [0.1, 0.15) is 5.52 Å². The van der Waals surface area contributed by atoms with E-state index < -0.39 is 0 Å². The molecule has 0 saturated heterocycles. The van der Waals surface area contributed by atoms with E-state index in [1.807, 2.05) is 6.07 Å². The normalized spacial score (nSPS) is 10.9. The number of hydrogen-bond acceptors (Lipinski definition) is 5. The fourth-order valence-corrected chi connectivity index (χ4v) is 1.51. The average molecular weight is 234 g/mol. The molecular formula is C11H14N4O2. The van der Waals surface area contributed by atoms with Crippen molar-refractivity contribution in [2.75, 3.05) is 19.8 Å². The minimum absolute atomic E-state index is 0.146. The Kier molecular flexibility index (Phi) is 3.79. The van der Waals surface area contributed by atoms with Gasteiger partial charge in [0.25, 0.3) is 5.56 Å². The van der Waals surface area contributed by atoms with E-state index >= 15 is 0 Å². The molecule has 17 heavy (non-hydrogen) atoms. The van der Waals surface area contributed by atoms with Gasteiger partial charge in [0.05, 0.1) is 25.1 Å². The van der Waals surface area contributed by atoms with Crippen molar-refractivity contribution in [3.05, 3.63) is 34.6 Å². The molecule has 0 radical (unpaired) electrons. The Balaban J connectivity index is 2.18. The molecule has 2 N–H and O–H groups in total. The molecule has 0 bridgehead atoms. The van der Waals surface area contributed by atoms with Crippen LogP contribution < -0.4 is 11.3 Å². The molecule has 1 aromatic carbocycles. The molecule has 6 heteroatoms. The van der Waals surface area contributed by atoms with Crippen LogP contribution in [0.25, 0.3) is 10.9 Å². The number of nitrogens with zero attached hydrogens (tertiary/aromatic N) is 3. The van der Waals surface area contributed by atoms with Crippen LogP contribution in [0.15, 0.2) is 29.1 Å². The maximum atomic E-state index is 12.0. The lowest BCUT2D eigenvalue weighted by atomic mass is 10.2. The molecule has 1 heterocycles. The molecule has 6 nitrogen and oxygen atoms in total. The highest BCUT2D eigenvalue weighted by Crippen LogP contribution is 2.02. The van der Waals surface area contributed by atoms with Crippen molar-refractivity contribution in [2.45, 2.75) is 6.54 Å². The highest BCUT2D eigenvalue weighted by Gasteiger charge is 2.03. The molecule has 0 aliphatic carbocycles. The quantitative estimate of drug-likeness (QED) is 0.722. The molecule has 0 unspecified atom stereocenters. The van der Waals surface area contributed by atoms with Crippen LogP contribution in [-0.2, 0) is 11.3 Å². The summed E-state index contributed by atoms with van der Waals surface area (Å²) in [6, 6.07) is 7.13. The van der Waals surface area contributed by atoms with Crippen molar-refractivity contribution in [1.29, 1.82) is 0 Å². The summed E-state index contributed by atoms with van der Waals surface area (Å²) in [4.78, 5) is 12.0. The molecule has 2 rings (SSSR count). The van der Waals surface area contributed by atoms with Crippen molar-refractivity contribution in [3.8, 4) is 0 Å². The lowest BCUT2D eigenvalue weighted by Crippen LogP contribution is -2.26. The van der Waals surface area contributed by atoms with Gasteiger partial charge in [-0.1, -0.05) is 17.3 Å². The first-order valence-corrected chi connectivity index (χ1v) is 5.43. The van der Waals surface area contributed by atoms with E-state index in [1.165, 1.54) is 4.68 Å². The van der Waals surface area contributed by atoms with Gasteiger partial charge in [-0.3, -0.25) is 4.79 Å². The molecule has 0 amide bonds. The fourth-order valence-electron chi connectivity index (χ4n) is 1.51. The Bertz CT molecular complexity index is 552. The summed E-state index contributed by atoms with van der Waals surface area (Å²) in [7, 11) is 0. The minimum atomic E-state index is -0.146. The van der Waals surface area contributed by atoms with Gasteiger partial charge >= 0.3 is 0 Å². The lowest BCUT2D eigenvalue weighted by Gasteiger charge is -2.05. The third-order valence-electron chi connectivity index (χ3n) is 2.34. The number of rotatable bonds is 5. The first kappa shape index (κ1) is 11.7. The first-order valence-electron chi connectivity index (χ1n) is 5.43. The monoisotopic (exact) mass is 234 g/mol. The smallest absolute Gasteiger partial charge is 0.277 e. The van der Waals surface area contributed by atoms with Gasteiger partial charge in [0.15, 0.2) is 0 Å². The van der Waals surface area contributed by atoms with Gasteiger partial charge in [0, 0.05) is 6.54 Å². The second-order valence-corrected chi connectivity index (χ2v) is 3.54. The second kappa shape index (κ2) is 5.51. The SMILES string of the molecule is NCCOCCn1nnc2ccccc2c1=O. The summed E-state index contributed by atoms with van der Waals surface area (Å²) in [5, 5.41) is 8.39. The first-order chi connectivity index (χ1) is 8.33. The van der Waals surface area contributed by atoms with E-state index in [2.05, 4.69) is 10.3 Å². The Morgan fingerprint density at radius 3 is 2.94 bits per heavy atom. The lowest BCUT2D eigenvalue weighted by molar-refractivity contribution is 0.129. The summed E-state index contributed by atoms with van der Waals surface area (Å²) in [5.74, 6) is 0. The van der Waals surface area contributed by atoms with Gasteiger partial charge in [0.2, 0.25) is 0 Å². The Morgan fingerprint density at radius 2 is 2.12 bits per heavy atom. The van der Waals surface area contributed by atoms with E-state index in [0.717, 1.165) is 0 Å². The van der Waals surface area contributed by atoms with E-state index in [4.69, 9.17) is 10.5 Å². The summed E-state index contributed by atoms with van der Waals surface area (Å²) in [6.07, 6.45) is 0. The number of aromatic nitrogens is 3. The number of fused-ring (bicyclic) bond motifs is 1. The van der Waals surface area contributed by atoms with E-state index in [0.29, 0.717) is 37.2 Å². The van der Waals surface area contributed by atoms with Crippen LogP contribution in [0.2, 0.25) is 0 Å². The Hall–Kier alpha value is -1.79. The van der Waals surface area contributed by atoms with E-state index in [-0.39, 0.29) is 5.56 Å². The Morgan fingerprint density at radius 1 is 1.29 bits per heavy atom. The van der Waals surface area contributed by atoms with Crippen LogP contribution in [0.1, 0.15) is 0 Å². The summed E-state index contributed by atoms with van der Waals surface area (Å²) in [6.45, 7) is 1.74. The zero-order chi connectivity index (χ0) is 12.1. The van der Waals surface area contributed by atoms with Crippen LogP contribution in [0.5, 0.6) is 0 Å². The van der Waals surface area contributed by atoms with E-state index in [9.17, 15) is 4.79 Å². The average Bonchev–Trinajstić information content (AvgIpc) is 2.37. The molecular weight excluding hydrogens is 220 g/mol. The number of benzene rings is 1. The molecule has 0 spiro atoms. The zero-order valence-corrected chi connectivity index (χ0v) is 9.37. The zero-order valence-electron chi connectivity index (χ0n) is 9.37. The summed E-state index contributed by atoms with van der Waals surface area (Å²) >= 11 is 0. The second-order valence-electron chi connectivity index (χ2n) is 3.54. The highest BCUT2D eigenvalue weighted by atomic mass is 16.5. The van der Waals surface area contributed by atoms with Crippen LogP contribution in [0, 0.1) is 0 Å². The molecule has 0 fully saturated rings. The third-order valence-corrected chi connectivity index (χ3v) is 2.34. The molecule has 0 atom stereocenters. The van der Waals surface area contributed by atoms with Crippen LogP contribution >= 0.6 is 0 Å². The number of nitrogens with two attached hydrogens (primary N) is 1. The van der Waals surface area contributed by atoms with Gasteiger partial charge < -0.3 is 10.5 Å². The van der Waals surface area contributed by atoms with Gasteiger partial charge in [-0.05, 0) is 12.1 Å². The van der Waals surface area contributed by atoms with E-state index in [1.54, 1.807) is 18.2 Å². The van der Waals surface area contributed by atoms with Crippen molar-refractivity contribution >= 4 is 10.9 Å². The molecule has 0 saturated carbocycles. The largest absolute Gasteiger partial charge is 0.378 e. The van der Waals surface area contributed by atoms with Crippen LogP contribution in [-0.4, -0.2) is 34.8 Å². The Labute approximate surface area is 98.0 Å². The third kappa shape index (κ3) is 2.66. The topological polar surface area (TPSA) is 83.0 Å². The molecule has 90 valence electrons. The maximum absolute atomic E-state index is 12.0. The van der Waals surface area contributed by atoms with Crippen molar-refractivity contribution < 1.29 is 4.74 Å².